The van der Waals surface area contributed by atoms with Crippen LogP contribution in [0.3, 0.4) is 0 Å². The largest absolute Gasteiger partial charge is 0.384 e. The molecule has 2 aliphatic rings. The van der Waals surface area contributed by atoms with Crippen LogP contribution < -0.4 is 5.73 Å². The molecule has 0 spiro atoms. The highest BCUT2D eigenvalue weighted by molar-refractivity contribution is 5.79. The number of unbranched alkanes of at least 4 members (excludes halogenated alkanes) is 1. The molecule has 1 saturated heterocycles. The van der Waals surface area contributed by atoms with E-state index in [-0.39, 0.29) is 12.1 Å². The van der Waals surface area contributed by atoms with E-state index in [2.05, 4.69) is 13.0 Å². The molecule has 0 aromatic rings. The van der Waals surface area contributed by atoms with Crippen molar-refractivity contribution >= 4 is 6.03 Å². The van der Waals surface area contributed by atoms with Gasteiger partial charge in [0.15, 0.2) is 0 Å². The standard InChI is InChI=1S/C13H20N4O/c1-2-3-7-17-12(15)10(9-14)11-6-4-5-8-16(11)13(17)18/h11H,2-8,15H2,1H3. The number of nitrogens with two attached hydrogens (primary N) is 1. The molecule has 0 radical (unpaired) electrons. The van der Waals surface area contributed by atoms with Crippen molar-refractivity contribution in [3.05, 3.63) is 11.4 Å². The van der Waals surface area contributed by atoms with Crippen LogP contribution in [0.1, 0.15) is 39.0 Å². The van der Waals surface area contributed by atoms with Crippen LogP contribution in [0, 0.1) is 11.3 Å². The third kappa shape index (κ3) is 2.03. The zero-order valence-corrected chi connectivity index (χ0v) is 10.9. The van der Waals surface area contributed by atoms with E-state index < -0.39 is 0 Å². The monoisotopic (exact) mass is 248 g/mol. The molecule has 5 heteroatoms. The summed E-state index contributed by atoms with van der Waals surface area (Å²) in [5, 5.41) is 9.28. The molecule has 0 bridgehead atoms. The maximum Gasteiger partial charge on any atom is 0.326 e. The fraction of sp³-hybridized carbons (Fsp3) is 0.692. The van der Waals surface area contributed by atoms with Crippen molar-refractivity contribution in [3.63, 3.8) is 0 Å². The van der Waals surface area contributed by atoms with Gasteiger partial charge in [-0.05, 0) is 25.7 Å². The first kappa shape index (κ1) is 12.7. The number of carbonyl (C=O) groups is 1. The number of nitriles is 1. The molecule has 1 atom stereocenters. The fourth-order valence-corrected chi connectivity index (χ4v) is 2.70. The number of amides is 2. The second kappa shape index (κ2) is 5.30. The van der Waals surface area contributed by atoms with Crippen LogP contribution in [0.25, 0.3) is 0 Å². The summed E-state index contributed by atoms with van der Waals surface area (Å²) >= 11 is 0. The van der Waals surface area contributed by atoms with Crippen molar-refractivity contribution in [2.45, 2.75) is 45.1 Å². The minimum Gasteiger partial charge on any atom is -0.384 e. The Hall–Kier alpha value is -1.70. The lowest BCUT2D eigenvalue weighted by Crippen LogP contribution is -2.56. The van der Waals surface area contributed by atoms with E-state index in [1.165, 1.54) is 0 Å². The number of hydrogen-bond acceptors (Lipinski definition) is 3. The Bertz CT molecular complexity index is 410. The molecule has 18 heavy (non-hydrogen) atoms. The van der Waals surface area contributed by atoms with Gasteiger partial charge in [0, 0.05) is 13.1 Å². The molecular weight excluding hydrogens is 228 g/mol. The van der Waals surface area contributed by atoms with Crippen LogP contribution in [0.4, 0.5) is 4.79 Å². The molecule has 0 aromatic heterocycles. The van der Waals surface area contributed by atoms with E-state index in [1.54, 1.807) is 4.90 Å². The Labute approximate surface area is 108 Å². The first-order chi connectivity index (χ1) is 8.70. The summed E-state index contributed by atoms with van der Waals surface area (Å²) in [6.45, 7) is 3.42. The smallest absolute Gasteiger partial charge is 0.326 e. The van der Waals surface area contributed by atoms with Gasteiger partial charge in [-0.3, -0.25) is 4.90 Å². The van der Waals surface area contributed by atoms with Gasteiger partial charge in [0.25, 0.3) is 0 Å². The first-order valence-electron chi connectivity index (χ1n) is 6.68. The highest BCUT2D eigenvalue weighted by Crippen LogP contribution is 2.30. The van der Waals surface area contributed by atoms with Crippen molar-refractivity contribution in [3.8, 4) is 6.07 Å². The molecule has 2 heterocycles. The van der Waals surface area contributed by atoms with Crippen molar-refractivity contribution in [2.75, 3.05) is 13.1 Å². The van der Waals surface area contributed by atoms with E-state index in [4.69, 9.17) is 5.73 Å². The summed E-state index contributed by atoms with van der Waals surface area (Å²) in [6.07, 6.45) is 4.84. The van der Waals surface area contributed by atoms with Gasteiger partial charge in [0.1, 0.15) is 11.9 Å². The lowest BCUT2D eigenvalue weighted by molar-refractivity contribution is 0.122. The minimum atomic E-state index is -0.0888. The predicted molar refractivity (Wildman–Crippen MR) is 68.2 cm³/mol. The number of piperidine rings is 1. The van der Waals surface area contributed by atoms with Crippen LogP contribution >= 0.6 is 0 Å². The maximum absolute atomic E-state index is 12.4. The van der Waals surface area contributed by atoms with Gasteiger partial charge in [0.2, 0.25) is 0 Å². The summed E-state index contributed by atoms with van der Waals surface area (Å²) in [5.74, 6) is 0.374. The zero-order chi connectivity index (χ0) is 13.1. The topological polar surface area (TPSA) is 73.4 Å². The van der Waals surface area contributed by atoms with E-state index in [9.17, 15) is 10.1 Å². The lowest BCUT2D eigenvalue weighted by Gasteiger charge is -2.43. The maximum atomic E-state index is 12.4. The average molecular weight is 248 g/mol. The van der Waals surface area contributed by atoms with Gasteiger partial charge < -0.3 is 10.6 Å². The lowest BCUT2D eigenvalue weighted by atomic mass is 9.94. The van der Waals surface area contributed by atoms with Gasteiger partial charge in [-0.25, -0.2) is 4.79 Å². The second-order valence-electron chi connectivity index (χ2n) is 4.90. The highest BCUT2D eigenvalue weighted by Gasteiger charge is 2.39. The Morgan fingerprint density at radius 3 is 2.94 bits per heavy atom. The summed E-state index contributed by atoms with van der Waals surface area (Å²) < 4.78 is 0. The first-order valence-corrected chi connectivity index (χ1v) is 6.68. The average Bonchev–Trinajstić information content (AvgIpc) is 2.39. The fourth-order valence-electron chi connectivity index (χ4n) is 2.70. The van der Waals surface area contributed by atoms with Gasteiger partial charge in [-0.15, -0.1) is 0 Å². The summed E-state index contributed by atoms with van der Waals surface area (Å²) in [4.78, 5) is 15.8. The van der Waals surface area contributed by atoms with Crippen molar-refractivity contribution in [2.24, 2.45) is 5.73 Å². The Kier molecular flexibility index (Phi) is 3.75. The number of urea groups is 1. The van der Waals surface area contributed by atoms with E-state index in [0.717, 1.165) is 38.6 Å². The minimum absolute atomic E-state index is 0.0235. The molecule has 2 amide bonds. The number of rotatable bonds is 3. The quantitative estimate of drug-likeness (QED) is 0.827. The number of nitrogens with zero attached hydrogens (tertiary/aromatic N) is 3. The molecule has 1 unspecified atom stereocenters. The predicted octanol–water partition coefficient (Wildman–Crippen LogP) is 1.77. The normalized spacial score (nSPS) is 24.0. The van der Waals surface area contributed by atoms with Crippen molar-refractivity contribution < 1.29 is 4.79 Å². The van der Waals surface area contributed by atoms with Crippen molar-refractivity contribution in [1.29, 1.82) is 5.26 Å². The molecule has 0 aliphatic carbocycles. The van der Waals surface area contributed by atoms with Gasteiger partial charge in [-0.2, -0.15) is 5.26 Å². The third-order valence-corrected chi connectivity index (χ3v) is 3.74. The van der Waals surface area contributed by atoms with Gasteiger partial charge >= 0.3 is 6.03 Å². The Morgan fingerprint density at radius 1 is 1.50 bits per heavy atom. The third-order valence-electron chi connectivity index (χ3n) is 3.74. The number of carbonyl (C=O) groups excluding carboxylic acids is 1. The molecule has 98 valence electrons. The van der Waals surface area contributed by atoms with Gasteiger partial charge in [0.05, 0.1) is 11.6 Å². The van der Waals surface area contributed by atoms with E-state index in [1.807, 2.05) is 4.90 Å². The van der Waals surface area contributed by atoms with Crippen LogP contribution in [-0.4, -0.2) is 35.0 Å². The van der Waals surface area contributed by atoms with E-state index in [0.29, 0.717) is 17.9 Å². The molecule has 2 N–H and O–H groups in total. The molecule has 2 rings (SSSR count). The SMILES string of the molecule is CCCCN1C(=O)N2CCCCC2C(C#N)=C1N. The molecule has 5 nitrogen and oxygen atoms in total. The summed E-state index contributed by atoms with van der Waals surface area (Å²) in [5.41, 5.74) is 6.58. The van der Waals surface area contributed by atoms with Crippen LogP contribution in [-0.2, 0) is 0 Å². The van der Waals surface area contributed by atoms with Crippen LogP contribution in [0.5, 0.6) is 0 Å². The molecule has 0 saturated carbocycles. The zero-order valence-electron chi connectivity index (χ0n) is 10.9. The molecule has 0 aromatic carbocycles. The number of fused-ring (bicyclic) bond motifs is 1. The summed E-state index contributed by atoms with van der Waals surface area (Å²) in [6, 6.07) is 2.09. The Balaban J connectivity index is 2.31. The Morgan fingerprint density at radius 2 is 2.28 bits per heavy atom. The summed E-state index contributed by atoms with van der Waals surface area (Å²) in [7, 11) is 0. The highest BCUT2D eigenvalue weighted by atomic mass is 16.2. The van der Waals surface area contributed by atoms with Crippen LogP contribution in [0.2, 0.25) is 0 Å². The second-order valence-corrected chi connectivity index (χ2v) is 4.90. The van der Waals surface area contributed by atoms with Crippen molar-refractivity contribution in [1.82, 2.24) is 9.80 Å². The molecule has 1 fully saturated rings. The number of hydrogen-bond donors (Lipinski definition) is 1. The van der Waals surface area contributed by atoms with Crippen LogP contribution in [0.15, 0.2) is 11.4 Å². The molecular formula is C13H20N4O. The molecule has 2 aliphatic heterocycles. The van der Waals surface area contributed by atoms with E-state index >= 15 is 0 Å². The van der Waals surface area contributed by atoms with Gasteiger partial charge in [-0.1, -0.05) is 13.3 Å².